The van der Waals surface area contributed by atoms with Gasteiger partial charge in [-0.3, -0.25) is 14.5 Å². The Morgan fingerprint density at radius 1 is 1.06 bits per heavy atom. The van der Waals surface area contributed by atoms with Crippen molar-refractivity contribution in [2.75, 3.05) is 40.1 Å². The second-order valence-corrected chi connectivity index (χ2v) is 7.56. The SMILES string of the molecule is COc1ccccc1C(CNC(=O)CNC(=O)c1ccc2c(c1)OCO2)N1CCCC1. The first-order valence-electron chi connectivity index (χ1n) is 10.5. The molecule has 0 aromatic heterocycles. The van der Waals surface area contributed by atoms with E-state index in [9.17, 15) is 9.59 Å². The number of amides is 2. The van der Waals surface area contributed by atoms with Gasteiger partial charge in [-0.25, -0.2) is 0 Å². The third kappa shape index (κ3) is 4.91. The van der Waals surface area contributed by atoms with Gasteiger partial charge in [0.2, 0.25) is 12.7 Å². The molecule has 31 heavy (non-hydrogen) atoms. The van der Waals surface area contributed by atoms with Gasteiger partial charge in [-0.05, 0) is 50.2 Å². The molecular weight excluding hydrogens is 398 g/mol. The van der Waals surface area contributed by atoms with E-state index in [4.69, 9.17) is 14.2 Å². The molecule has 2 heterocycles. The fourth-order valence-corrected chi connectivity index (χ4v) is 4.00. The third-order valence-electron chi connectivity index (χ3n) is 5.62. The van der Waals surface area contributed by atoms with Crippen molar-refractivity contribution >= 4 is 11.8 Å². The van der Waals surface area contributed by atoms with E-state index in [-0.39, 0.29) is 31.2 Å². The molecule has 0 spiro atoms. The van der Waals surface area contributed by atoms with Gasteiger partial charge < -0.3 is 24.8 Å². The Morgan fingerprint density at radius 2 is 1.84 bits per heavy atom. The highest BCUT2D eigenvalue weighted by molar-refractivity contribution is 5.97. The van der Waals surface area contributed by atoms with E-state index in [1.807, 2.05) is 24.3 Å². The number of ether oxygens (including phenoxy) is 3. The fourth-order valence-electron chi connectivity index (χ4n) is 4.00. The van der Waals surface area contributed by atoms with E-state index in [2.05, 4.69) is 15.5 Å². The lowest BCUT2D eigenvalue weighted by Gasteiger charge is -2.29. The van der Waals surface area contributed by atoms with Crippen LogP contribution in [0.25, 0.3) is 0 Å². The van der Waals surface area contributed by atoms with Crippen molar-refractivity contribution in [3.05, 3.63) is 53.6 Å². The number of likely N-dealkylation sites (tertiary alicyclic amines) is 1. The smallest absolute Gasteiger partial charge is 0.251 e. The monoisotopic (exact) mass is 425 g/mol. The van der Waals surface area contributed by atoms with Gasteiger partial charge >= 0.3 is 0 Å². The second-order valence-electron chi connectivity index (χ2n) is 7.56. The molecule has 2 amide bonds. The highest BCUT2D eigenvalue weighted by atomic mass is 16.7. The molecular formula is C23H27N3O5. The predicted molar refractivity (Wildman–Crippen MR) is 114 cm³/mol. The first kappa shape index (κ1) is 21.0. The Labute approximate surface area is 181 Å². The maximum absolute atomic E-state index is 12.5. The van der Waals surface area contributed by atoms with Gasteiger partial charge in [0.25, 0.3) is 5.91 Å². The first-order chi connectivity index (χ1) is 15.2. The number of nitrogens with one attached hydrogen (secondary N) is 2. The standard InChI is InChI=1S/C23H27N3O5/c1-29-19-7-3-2-6-17(19)18(26-10-4-5-11-26)13-24-22(27)14-25-23(28)16-8-9-20-21(12-16)31-15-30-20/h2-3,6-9,12,18H,4-5,10-11,13-15H2,1H3,(H,24,27)(H,25,28). The topological polar surface area (TPSA) is 89.1 Å². The normalized spacial score (nSPS) is 16.0. The molecule has 1 unspecified atom stereocenters. The van der Waals surface area contributed by atoms with Crippen LogP contribution in [0.2, 0.25) is 0 Å². The van der Waals surface area contributed by atoms with Crippen LogP contribution in [0.4, 0.5) is 0 Å². The zero-order valence-corrected chi connectivity index (χ0v) is 17.6. The van der Waals surface area contributed by atoms with Crippen LogP contribution in [0.5, 0.6) is 17.2 Å². The molecule has 2 N–H and O–H groups in total. The fraction of sp³-hybridized carbons (Fsp3) is 0.391. The number of rotatable bonds is 8. The van der Waals surface area contributed by atoms with Crippen LogP contribution in [0.1, 0.15) is 34.8 Å². The zero-order valence-electron chi connectivity index (χ0n) is 17.6. The number of hydrogen-bond donors (Lipinski definition) is 2. The van der Waals surface area contributed by atoms with Crippen molar-refractivity contribution in [3.8, 4) is 17.2 Å². The Kier molecular flexibility index (Phi) is 6.57. The van der Waals surface area contributed by atoms with Gasteiger partial charge in [-0.2, -0.15) is 0 Å². The Balaban J connectivity index is 1.34. The molecule has 1 saturated heterocycles. The number of carbonyl (C=O) groups is 2. The minimum atomic E-state index is -0.339. The number of fused-ring (bicyclic) bond motifs is 1. The molecule has 1 atom stereocenters. The van der Waals surface area contributed by atoms with Crippen LogP contribution in [0.3, 0.4) is 0 Å². The molecule has 0 radical (unpaired) electrons. The van der Waals surface area contributed by atoms with Crippen LogP contribution in [0.15, 0.2) is 42.5 Å². The maximum atomic E-state index is 12.5. The van der Waals surface area contributed by atoms with E-state index in [1.165, 1.54) is 0 Å². The number of carbonyl (C=O) groups excluding carboxylic acids is 2. The second kappa shape index (κ2) is 9.70. The minimum absolute atomic E-state index is 0.0205. The average molecular weight is 425 g/mol. The van der Waals surface area contributed by atoms with Crippen molar-refractivity contribution in [3.63, 3.8) is 0 Å². The summed E-state index contributed by atoms with van der Waals surface area (Å²) in [5.74, 6) is 1.37. The number of nitrogens with zero attached hydrogens (tertiary/aromatic N) is 1. The summed E-state index contributed by atoms with van der Waals surface area (Å²) < 4.78 is 16.1. The summed E-state index contributed by atoms with van der Waals surface area (Å²) in [7, 11) is 1.66. The van der Waals surface area contributed by atoms with Crippen LogP contribution < -0.4 is 24.8 Å². The van der Waals surface area contributed by atoms with Crippen LogP contribution in [-0.2, 0) is 4.79 Å². The molecule has 0 saturated carbocycles. The molecule has 0 aliphatic carbocycles. The summed E-state index contributed by atoms with van der Waals surface area (Å²) in [6, 6.07) is 12.9. The molecule has 1 fully saturated rings. The van der Waals surface area contributed by atoms with Crippen LogP contribution >= 0.6 is 0 Å². The van der Waals surface area contributed by atoms with Gasteiger partial charge in [-0.15, -0.1) is 0 Å². The van der Waals surface area contributed by atoms with Gasteiger partial charge in [0, 0.05) is 17.7 Å². The highest BCUT2D eigenvalue weighted by Crippen LogP contribution is 2.33. The highest BCUT2D eigenvalue weighted by Gasteiger charge is 2.26. The Morgan fingerprint density at radius 3 is 2.65 bits per heavy atom. The number of methoxy groups -OCH3 is 1. The molecule has 0 bridgehead atoms. The molecule has 2 aromatic rings. The van der Waals surface area contributed by atoms with Gasteiger partial charge in [0.1, 0.15) is 5.75 Å². The van der Waals surface area contributed by atoms with Crippen LogP contribution in [0, 0.1) is 0 Å². The first-order valence-corrected chi connectivity index (χ1v) is 10.5. The lowest BCUT2D eigenvalue weighted by atomic mass is 10.0. The number of benzene rings is 2. The van der Waals surface area contributed by atoms with Crippen molar-refractivity contribution < 1.29 is 23.8 Å². The van der Waals surface area contributed by atoms with Crippen molar-refractivity contribution in [1.29, 1.82) is 0 Å². The zero-order chi connectivity index (χ0) is 21.6. The molecule has 8 nitrogen and oxygen atoms in total. The summed E-state index contributed by atoms with van der Waals surface area (Å²) >= 11 is 0. The predicted octanol–water partition coefficient (Wildman–Crippen LogP) is 2.11. The van der Waals surface area contributed by atoms with Crippen LogP contribution in [-0.4, -0.2) is 56.8 Å². The van der Waals surface area contributed by atoms with Gasteiger partial charge in [-0.1, -0.05) is 18.2 Å². The third-order valence-corrected chi connectivity index (χ3v) is 5.62. The Hall–Kier alpha value is -3.26. The minimum Gasteiger partial charge on any atom is -0.496 e. The van der Waals surface area contributed by atoms with E-state index in [0.29, 0.717) is 23.6 Å². The summed E-state index contributed by atoms with van der Waals surface area (Å²) in [6.07, 6.45) is 2.29. The van der Waals surface area contributed by atoms with E-state index < -0.39 is 0 Å². The Bertz CT molecular complexity index is 943. The molecule has 164 valence electrons. The van der Waals surface area contributed by atoms with Gasteiger partial charge in [0.05, 0.1) is 19.7 Å². The van der Waals surface area contributed by atoms with Gasteiger partial charge in [0.15, 0.2) is 11.5 Å². The lowest BCUT2D eigenvalue weighted by Crippen LogP contribution is -2.41. The van der Waals surface area contributed by atoms with E-state index in [0.717, 1.165) is 37.2 Å². The largest absolute Gasteiger partial charge is 0.496 e. The van der Waals surface area contributed by atoms with E-state index >= 15 is 0 Å². The quantitative estimate of drug-likeness (QED) is 0.674. The molecule has 8 heteroatoms. The molecule has 4 rings (SSSR count). The van der Waals surface area contributed by atoms with Crippen molar-refractivity contribution in [2.45, 2.75) is 18.9 Å². The maximum Gasteiger partial charge on any atom is 0.251 e. The lowest BCUT2D eigenvalue weighted by molar-refractivity contribution is -0.120. The summed E-state index contributed by atoms with van der Waals surface area (Å²) in [5, 5.41) is 5.62. The summed E-state index contributed by atoms with van der Waals surface area (Å²) in [6.45, 7) is 2.46. The molecule has 2 aliphatic rings. The number of para-hydroxylation sites is 1. The molecule has 2 aliphatic heterocycles. The number of hydrogen-bond acceptors (Lipinski definition) is 6. The summed E-state index contributed by atoms with van der Waals surface area (Å²) in [5.41, 5.74) is 1.47. The van der Waals surface area contributed by atoms with Crippen molar-refractivity contribution in [2.24, 2.45) is 0 Å². The summed E-state index contributed by atoms with van der Waals surface area (Å²) in [4.78, 5) is 27.2. The van der Waals surface area contributed by atoms with E-state index in [1.54, 1.807) is 25.3 Å². The average Bonchev–Trinajstić information content (AvgIpc) is 3.49. The van der Waals surface area contributed by atoms with Crippen molar-refractivity contribution in [1.82, 2.24) is 15.5 Å². The molecule has 2 aromatic carbocycles.